The first-order valence-electron chi connectivity index (χ1n) is 10.5. The Kier molecular flexibility index (Phi) is 5.56. The van der Waals surface area contributed by atoms with E-state index in [1.165, 1.54) is 56.9 Å². The van der Waals surface area contributed by atoms with Gasteiger partial charge in [-0.05, 0) is 66.3 Å². The average Bonchev–Trinajstić information content (AvgIpc) is 3.02. The largest absolute Gasteiger partial charge is 0.586 e. The number of benzene rings is 2. The van der Waals surface area contributed by atoms with E-state index < -0.39 is 6.29 Å². The second-order valence-electron chi connectivity index (χ2n) is 8.16. The summed E-state index contributed by atoms with van der Waals surface area (Å²) < 4.78 is 35.4. The van der Waals surface area contributed by atoms with Crippen LogP contribution in [0.3, 0.4) is 0 Å². The molecule has 1 aliphatic carbocycles. The van der Waals surface area contributed by atoms with Crippen molar-refractivity contribution in [1.82, 2.24) is 0 Å². The van der Waals surface area contributed by atoms with Gasteiger partial charge in [-0.1, -0.05) is 62.9 Å². The molecule has 0 spiro atoms. The maximum absolute atomic E-state index is 13.2. The molecule has 4 heteroatoms. The molecule has 28 heavy (non-hydrogen) atoms. The van der Waals surface area contributed by atoms with E-state index in [9.17, 15) is 8.78 Å². The first kappa shape index (κ1) is 19.2. The van der Waals surface area contributed by atoms with Crippen LogP contribution in [0, 0.1) is 5.92 Å². The van der Waals surface area contributed by atoms with Gasteiger partial charge in [0.05, 0.1) is 0 Å². The van der Waals surface area contributed by atoms with E-state index in [4.69, 9.17) is 0 Å². The summed E-state index contributed by atoms with van der Waals surface area (Å²) in [4.78, 5) is 0. The number of fused-ring (bicyclic) bond motifs is 1. The van der Waals surface area contributed by atoms with Gasteiger partial charge in [0.15, 0.2) is 11.5 Å². The second-order valence-corrected chi connectivity index (χ2v) is 8.16. The Bertz CT molecular complexity index is 793. The van der Waals surface area contributed by atoms with Crippen molar-refractivity contribution >= 4 is 0 Å². The molecule has 1 saturated carbocycles. The van der Waals surface area contributed by atoms with Crippen LogP contribution < -0.4 is 9.47 Å². The summed E-state index contributed by atoms with van der Waals surface area (Å²) >= 11 is 0. The molecule has 1 aliphatic heterocycles. The fourth-order valence-electron chi connectivity index (χ4n) is 4.54. The van der Waals surface area contributed by atoms with Crippen molar-refractivity contribution in [3.8, 4) is 22.6 Å². The number of ether oxygens (including phenoxy) is 2. The lowest BCUT2D eigenvalue weighted by molar-refractivity contribution is -0.286. The molecular weight excluding hydrogens is 358 g/mol. The molecule has 1 fully saturated rings. The van der Waals surface area contributed by atoms with Crippen LogP contribution in [-0.2, 0) is 0 Å². The molecule has 0 aromatic heterocycles. The molecule has 2 aromatic carbocycles. The molecule has 150 valence electrons. The van der Waals surface area contributed by atoms with Crippen LogP contribution in [0.4, 0.5) is 8.78 Å². The quantitative estimate of drug-likeness (QED) is 0.478. The zero-order valence-electron chi connectivity index (χ0n) is 16.4. The lowest BCUT2D eigenvalue weighted by atomic mass is 9.77. The zero-order chi connectivity index (χ0) is 19.6. The van der Waals surface area contributed by atoms with Crippen LogP contribution >= 0.6 is 0 Å². The number of unbranched alkanes of at least 4 members (excludes halogenated alkanes) is 2. The van der Waals surface area contributed by atoms with Crippen LogP contribution in [0.5, 0.6) is 11.5 Å². The minimum absolute atomic E-state index is 0.0843. The standard InChI is InChI=1S/C24H28F2O2/c1-2-3-4-5-17-6-8-18(9-7-17)19-10-12-20(13-11-19)21-14-15-22-23(16-21)28-24(25,26)27-22/h10-18H,2-9H2,1H3/t17-,18-. The van der Waals surface area contributed by atoms with Crippen molar-refractivity contribution in [2.24, 2.45) is 5.92 Å². The van der Waals surface area contributed by atoms with Crippen molar-refractivity contribution in [3.63, 3.8) is 0 Å². The van der Waals surface area contributed by atoms with Gasteiger partial charge in [0.1, 0.15) is 0 Å². The summed E-state index contributed by atoms with van der Waals surface area (Å²) in [5.41, 5.74) is 3.24. The van der Waals surface area contributed by atoms with Gasteiger partial charge in [0.2, 0.25) is 0 Å². The highest BCUT2D eigenvalue weighted by Crippen LogP contribution is 2.43. The van der Waals surface area contributed by atoms with E-state index in [2.05, 4.69) is 40.7 Å². The lowest BCUT2D eigenvalue weighted by Gasteiger charge is -2.29. The Hall–Kier alpha value is -2.10. The summed E-state index contributed by atoms with van der Waals surface area (Å²) in [5.74, 6) is 1.73. The molecule has 0 saturated heterocycles. The number of rotatable bonds is 6. The first-order chi connectivity index (χ1) is 13.5. The Morgan fingerprint density at radius 3 is 2.25 bits per heavy atom. The molecule has 1 heterocycles. The zero-order valence-corrected chi connectivity index (χ0v) is 16.4. The molecule has 2 aliphatic rings. The molecule has 0 unspecified atom stereocenters. The molecule has 2 nitrogen and oxygen atoms in total. The molecule has 0 bridgehead atoms. The third-order valence-corrected chi connectivity index (χ3v) is 6.18. The number of hydrogen-bond donors (Lipinski definition) is 0. The van der Waals surface area contributed by atoms with Gasteiger partial charge in [-0.2, -0.15) is 0 Å². The Labute approximate surface area is 165 Å². The highest BCUT2D eigenvalue weighted by atomic mass is 19.3. The minimum Gasteiger partial charge on any atom is -0.395 e. The number of halogens is 2. The summed E-state index contributed by atoms with van der Waals surface area (Å²) in [7, 11) is 0. The van der Waals surface area contributed by atoms with E-state index in [0.29, 0.717) is 5.92 Å². The molecule has 0 amide bonds. The Balaban J connectivity index is 1.38. The third-order valence-electron chi connectivity index (χ3n) is 6.18. The highest BCUT2D eigenvalue weighted by molar-refractivity contribution is 5.68. The van der Waals surface area contributed by atoms with Gasteiger partial charge in [0.25, 0.3) is 0 Å². The van der Waals surface area contributed by atoms with Gasteiger partial charge < -0.3 is 9.47 Å². The van der Waals surface area contributed by atoms with Crippen molar-refractivity contribution in [3.05, 3.63) is 48.0 Å². The monoisotopic (exact) mass is 386 g/mol. The summed E-state index contributed by atoms with van der Waals surface area (Å²) in [6, 6.07) is 13.5. The van der Waals surface area contributed by atoms with Crippen LogP contribution in [0.1, 0.15) is 69.8 Å². The van der Waals surface area contributed by atoms with Gasteiger partial charge in [-0.15, -0.1) is 8.78 Å². The smallest absolute Gasteiger partial charge is 0.395 e. The number of hydrogen-bond acceptors (Lipinski definition) is 2. The highest BCUT2D eigenvalue weighted by Gasteiger charge is 2.43. The van der Waals surface area contributed by atoms with Crippen molar-refractivity contribution in [1.29, 1.82) is 0 Å². The van der Waals surface area contributed by atoms with Gasteiger partial charge in [0, 0.05) is 0 Å². The lowest BCUT2D eigenvalue weighted by Crippen LogP contribution is -2.25. The maximum Gasteiger partial charge on any atom is 0.586 e. The van der Waals surface area contributed by atoms with E-state index >= 15 is 0 Å². The summed E-state index contributed by atoms with van der Waals surface area (Å²) in [5, 5.41) is 0. The van der Waals surface area contributed by atoms with E-state index in [1.807, 2.05) is 0 Å². The fraction of sp³-hybridized carbons (Fsp3) is 0.500. The molecule has 0 radical (unpaired) electrons. The van der Waals surface area contributed by atoms with Gasteiger partial charge >= 0.3 is 6.29 Å². The van der Waals surface area contributed by atoms with E-state index in [0.717, 1.165) is 17.0 Å². The third kappa shape index (κ3) is 4.31. The van der Waals surface area contributed by atoms with Gasteiger partial charge in [-0.3, -0.25) is 0 Å². The molecule has 0 N–H and O–H groups in total. The molecule has 0 atom stereocenters. The molecule has 4 rings (SSSR count). The van der Waals surface area contributed by atoms with E-state index in [-0.39, 0.29) is 11.5 Å². The van der Waals surface area contributed by atoms with Gasteiger partial charge in [-0.25, -0.2) is 0 Å². The Morgan fingerprint density at radius 2 is 1.54 bits per heavy atom. The van der Waals surface area contributed by atoms with Crippen molar-refractivity contribution in [2.75, 3.05) is 0 Å². The molecule has 2 aromatic rings. The van der Waals surface area contributed by atoms with E-state index in [1.54, 1.807) is 18.2 Å². The topological polar surface area (TPSA) is 18.5 Å². The fourth-order valence-corrected chi connectivity index (χ4v) is 4.54. The maximum atomic E-state index is 13.2. The van der Waals surface area contributed by atoms with Crippen LogP contribution in [-0.4, -0.2) is 6.29 Å². The van der Waals surface area contributed by atoms with Crippen molar-refractivity contribution < 1.29 is 18.3 Å². The van der Waals surface area contributed by atoms with Crippen LogP contribution in [0.15, 0.2) is 42.5 Å². The first-order valence-corrected chi connectivity index (χ1v) is 10.5. The normalized spacial score (nSPS) is 23.0. The Morgan fingerprint density at radius 1 is 0.857 bits per heavy atom. The van der Waals surface area contributed by atoms with Crippen molar-refractivity contribution in [2.45, 2.75) is 70.5 Å². The summed E-state index contributed by atoms with van der Waals surface area (Å²) in [6.45, 7) is 2.26. The predicted molar refractivity (Wildman–Crippen MR) is 107 cm³/mol. The predicted octanol–water partition coefficient (Wildman–Crippen LogP) is 7.53. The van der Waals surface area contributed by atoms with Crippen LogP contribution in [0.2, 0.25) is 0 Å². The minimum atomic E-state index is -3.57. The number of alkyl halides is 2. The summed E-state index contributed by atoms with van der Waals surface area (Å²) in [6.07, 6.45) is 7.08. The SMILES string of the molecule is CCCCC[C@H]1CC[C@H](c2ccc(-c3ccc4c(c3)OC(F)(F)O4)cc2)CC1. The second kappa shape index (κ2) is 8.10. The van der Waals surface area contributed by atoms with Crippen LogP contribution in [0.25, 0.3) is 11.1 Å². The molecular formula is C24H28F2O2. The average molecular weight is 386 g/mol.